The van der Waals surface area contributed by atoms with Gasteiger partial charge in [0.1, 0.15) is 8.24 Å². The lowest BCUT2D eigenvalue weighted by atomic mass is 9.95. The van der Waals surface area contributed by atoms with E-state index in [1.807, 2.05) is 0 Å². The van der Waals surface area contributed by atoms with Crippen molar-refractivity contribution in [2.75, 3.05) is 7.05 Å². The summed E-state index contributed by atoms with van der Waals surface area (Å²) in [6.45, 7) is 9.61. The Morgan fingerprint density at radius 3 is 1.83 bits per heavy atom. The molecule has 3 rings (SSSR count). The van der Waals surface area contributed by atoms with Crippen molar-refractivity contribution in [2.24, 2.45) is 11.8 Å². The van der Waals surface area contributed by atoms with Crippen LogP contribution >= 0.6 is 23.5 Å². The summed E-state index contributed by atoms with van der Waals surface area (Å²) in [5, 5.41) is 1.68. The van der Waals surface area contributed by atoms with Crippen LogP contribution in [-0.2, 0) is 0 Å². The molecule has 0 amide bonds. The SMILES string of the molecule is CN[Si](C)(C)C1C2SC(C)=CC2C2C=C(C)SC21. The molecule has 1 aliphatic carbocycles. The van der Waals surface area contributed by atoms with Crippen LogP contribution < -0.4 is 4.98 Å². The predicted molar refractivity (Wildman–Crippen MR) is 87.5 cm³/mol. The molecule has 1 nitrogen and oxygen atoms in total. The molecule has 4 unspecified atom stereocenters. The average molecular weight is 298 g/mol. The van der Waals surface area contributed by atoms with Crippen molar-refractivity contribution in [3.05, 3.63) is 22.0 Å². The van der Waals surface area contributed by atoms with Crippen LogP contribution in [0.5, 0.6) is 0 Å². The second-order valence-electron chi connectivity index (χ2n) is 6.37. The van der Waals surface area contributed by atoms with Crippen LogP contribution in [0, 0.1) is 11.8 Å². The molecule has 2 heterocycles. The number of hydrogen-bond donors (Lipinski definition) is 1. The molecule has 0 radical (unpaired) electrons. The summed E-state index contributed by atoms with van der Waals surface area (Å²) in [5.74, 6) is 1.60. The van der Waals surface area contributed by atoms with Gasteiger partial charge in [0.15, 0.2) is 0 Å². The molecule has 0 bridgehead atoms. The quantitative estimate of drug-likeness (QED) is 0.772. The summed E-state index contributed by atoms with van der Waals surface area (Å²) in [6.07, 6.45) is 5.12. The largest absolute Gasteiger partial charge is 0.340 e. The minimum atomic E-state index is -1.33. The zero-order valence-electron chi connectivity index (χ0n) is 11.9. The van der Waals surface area contributed by atoms with Gasteiger partial charge in [0, 0.05) is 10.5 Å². The van der Waals surface area contributed by atoms with Crippen LogP contribution in [0.25, 0.3) is 0 Å². The lowest BCUT2D eigenvalue weighted by Gasteiger charge is -2.36. The van der Waals surface area contributed by atoms with E-state index in [-0.39, 0.29) is 0 Å². The van der Waals surface area contributed by atoms with Gasteiger partial charge < -0.3 is 4.98 Å². The topological polar surface area (TPSA) is 12.0 Å². The van der Waals surface area contributed by atoms with Crippen molar-refractivity contribution in [1.29, 1.82) is 0 Å². The Kier molecular flexibility index (Phi) is 3.29. The average Bonchev–Trinajstić information content (AvgIpc) is 2.88. The Hall–Kier alpha value is 0.357. The van der Waals surface area contributed by atoms with Gasteiger partial charge in [0.2, 0.25) is 0 Å². The monoisotopic (exact) mass is 297 g/mol. The number of thioether (sulfide) groups is 2. The highest BCUT2D eigenvalue weighted by Crippen LogP contribution is 2.63. The Bertz CT molecular complexity index is 398. The Morgan fingerprint density at radius 2 is 1.44 bits per heavy atom. The highest BCUT2D eigenvalue weighted by Gasteiger charge is 2.58. The van der Waals surface area contributed by atoms with Gasteiger partial charge in [-0.05, 0) is 48.1 Å². The van der Waals surface area contributed by atoms with E-state index >= 15 is 0 Å². The van der Waals surface area contributed by atoms with Gasteiger partial charge in [0.05, 0.1) is 0 Å². The number of allylic oxidation sites excluding steroid dienone is 4. The summed E-state index contributed by atoms with van der Waals surface area (Å²) in [6, 6.07) is 0. The molecule has 1 N–H and O–H groups in total. The molecule has 4 heteroatoms. The van der Waals surface area contributed by atoms with E-state index in [0.29, 0.717) is 0 Å². The molecular formula is C14H23NS2Si. The summed E-state index contributed by atoms with van der Waals surface area (Å²) in [4.78, 5) is 6.81. The number of nitrogens with one attached hydrogen (secondary N) is 1. The molecule has 100 valence electrons. The first-order chi connectivity index (χ1) is 8.44. The summed E-state index contributed by atoms with van der Waals surface area (Å²) >= 11 is 4.32. The zero-order chi connectivity index (χ0) is 13.1. The zero-order valence-corrected chi connectivity index (χ0v) is 14.5. The maximum Gasteiger partial charge on any atom is 0.124 e. The summed E-state index contributed by atoms with van der Waals surface area (Å²) in [5.41, 5.74) is 0.884. The van der Waals surface area contributed by atoms with E-state index in [1.165, 1.54) is 0 Å². The Balaban J connectivity index is 1.97. The first-order valence-corrected chi connectivity index (χ1v) is 11.7. The molecule has 2 aliphatic heterocycles. The van der Waals surface area contributed by atoms with Crippen molar-refractivity contribution < 1.29 is 0 Å². The van der Waals surface area contributed by atoms with E-state index < -0.39 is 8.24 Å². The van der Waals surface area contributed by atoms with E-state index in [0.717, 1.165) is 27.9 Å². The highest BCUT2D eigenvalue weighted by atomic mass is 32.2. The van der Waals surface area contributed by atoms with Gasteiger partial charge in [-0.25, -0.2) is 0 Å². The van der Waals surface area contributed by atoms with Gasteiger partial charge in [-0.1, -0.05) is 25.2 Å². The molecule has 0 aromatic carbocycles. The van der Waals surface area contributed by atoms with Crippen molar-refractivity contribution >= 4 is 31.8 Å². The van der Waals surface area contributed by atoms with Gasteiger partial charge in [-0.2, -0.15) is 0 Å². The first-order valence-electron chi connectivity index (χ1n) is 6.83. The normalized spacial score (nSPS) is 42.6. The Morgan fingerprint density at radius 1 is 1.00 bits per heavy atom. The Labute approximate surface area is 120 Å². The minimum absolute atomic E-state index is 0.801. The molecular weight excluding hydrogens is 274 g/mol. The van der Waals surface area contributed by atoms with Gasteiger partial charge >= 0.3 is 0 Å². The fourth-order valence-electron chi connectivity index (χ4n) is 3.86. The van der Waals surface area contributed by atoms with E-state index in [9.17, 15) is 0 Å². The number of hydrogen-bond acceptors (Lipinski definition) is 3. The summed E-state index contributed by atoms with van der Waals surface area (Å²) in [7, 11) is 0.842. The van der Waals surface area contributed by atoms with Crippen LogP contribution in [0.15, 0.2) is 22.0 Å². The van der Waals surface area contributed by atoms with E-state index in [1.54, 1.807) is 9.81 Å². The third kappa shape index (κ3) is 1.88. The molecule has 0 aromatic rings. The second kappa shape index (κ2) is 4.44. The van der Waals surface area contributed by atoms with E-state index in [2.05, 4.69) is 74.6 Å². The number of rotatable bonds is 2. The third-order valence-electron chi connectivity index (χ3n) is 4.89. The standard InChI is InChI=1S/C14H23NS2Si/c1-8-6-10-11-7-9(2)17-13(11)14(12(10)16-8)18(4,5)15-3/h6-7,10-15H,1-5H3. The van der Waals surface area contributed by atoms with Crippen molar-refractivity contribution in [3.63, 3.8) is 0 Å². The highest BCUT2D eigenvalue weighted by molar-refractivity contribution is 8.05. The molecule has 0 saturated heterocycles. The fourth-order valence-corrected chi connectivity index (χ4v) is 11.6. The molecule has 1 saturated carbocycles. The minimum Gasteiger partial charge on any atom is -0.340 e. The van der Waals surface area contributed by atoms with Gasteiger partial charge in [0.25, 0.3) is 0 Å². The molecule has 4 atom stereocenters. The second-order valence-corrected chi connectivity index (χ2v) is 13.8. The fraction of sp³-hybridized carbons (Fsp3) is 0.714. The molecule has 1 fully saturated rings. The van der Waals surface area contributed by atoms with Crippen molar-refractivity contribution in [2.45, 2.75) is 43.0 Å². The first kappa shape index (κ1) is 13.3. The smallest absolute Gasteiger partial charge is 0.124 e. The number of fused-ring (bicyclic) bond motifs is 3. The predicted octanol–water partition coefficient (Wildman–Crippen LogP) is 4.07. The van der Waals surface area contributed by atoms with Gasteiger partial charge in [-0.15, -0.1) is 23.5 Å². The maximum absolute atomic E-state index is 3.70. The lowest BCUT2D eigenvalue weighted by Crippen LogP contribution is -2.51. The van der Waals surface area contributed by atoms with Crippen LogP contribution in [0.2, 0.25) is 18.6 Å². The van der Waals surface area contributed by atoms with Crippen molar-refractivity contribution in [3.8, 4) is 0 Å². The maximum atomic E-state index is 3.70. The van der Waals surface area contributed by atoms with Crippen LogP contribution in [0.3, 0.4) is 0 Å². The molecule has 0 spiro atoms. The van der Waals surface area contributed by atoms with Crippen LogP contribution in [0.4, 0.5) is 0 Å². The molecule has 18 heavy (non-hydrogen) atoms. The van der Waals surface area contributed by atoms with Crippen LogP contribution in [-0.4, -0.2) is 25.8 Å². The van der Waals surface area contributed by atoms with Crippen LogP contribution in [0.1, 0.15) is 13.8 Å². The van der Waals surface area contributed by atoms with Gasteiger partial charge in [-0.3, -0.25) is 0 Å². The summed E-state index contributed by atoms with van der Waals surface area (Å²) < 4.78 is 0. The third-order valence-corrected chi connectivity index (χ3v) is 11.8. The molecule has 3 aliphatic rings. The van der Waals surface area contributed by atoms with E-state index in [4.69, 9.17) is 0 Å². The molecule has 0 aromatic heterocycles. The lowest BCUT2D eigenvalue weighted by molar-refractivity contribution is 0.581. The van der Waals surface area contributed by atoms with Crippen molar-refractivity contribution in [1.82, 2.24) is 4.98 Å².